The maximum absolute atomic E-state index is 12.8. The topological polar surface area (TPSA) is 24.1 Å². The van der Waals surface area contributed by atoms with Crippen LogP contribution in [0.3, 0.4) is 0 Å². The van der Waals surface area contributed by atoms with Crippen LogP contribution in [-0.2, 0) is 6.54 Å². The van der Waals surface area contributed by atoms with Gasteiger partial charge in [0, 0.05) is 11.6 Å². The fraction of sp³-hybridized carbons (Fsp3) is 0.188. The molecule has 5 heteroatoms. The van der Waals surface area contributed by atoms with Gasteiger partial charge in [0.15, 0.2) is 5.11 Å². The molecule has 2 aromatic carbocycles. The molecule has 0 radical (unpaired) electrons. The molecule has 0 spiro atoms. The van der Waals surface area contributed by atoms with Gasteiger partial charge in [-0.15, -0.1) is 0 Å². The lowest BCUT2D eigenvalue weighted by atomic mass is 10.1. The minimum atomic E-state index is -0.240. The number of halogens is 2. The molecule has 2 N–H and O–H groups in total. The first kappa shape index (κ1) is 15.7. The summed E-state index contributed by atoms with van der Waals surface area (Å²) in [5.41, 5.74) is 2.07. The molecule has 0 saturated carbocycles. The van der Waals surface area contributed by atoms with Gasteiger partial charge in [0.2, 0.25) is 0 Å². The number of hydrogen-bond donors (Lipinski definition) is 2. The van der Waals surface area contributed by atoms with Gasteiger partial charge in [-0.25, -0.2) is 4.39 Å². The lowest BCUT2D eigenvalue weighted by Gasteiger charge is -2.17. The lowest BCUT2D eigenvalue weighted by Crippen LogP contribution is -2.36. The molecule has 0 fully saturated rings. The largest absolute Gasteiger partial charge is 0.359 e. The van der Waals surface area contributed by atoms with Crippen LogP contribution < -0.4 is 10.6 Å². The number of thiocarbonyl (C=S) groups is 1. The Labute approximate surface area is 134 Å². The zero-order valence-corrected chi connectivity index (χ0v) is 13.1. The summed E-state index contributed by atoms with van der Waals surface area (Å²) in [6.07, 6.45) is 0. The Hall–Kier alpha value is -1.65. The van der Waals surface area contributed by atoms with E-state index in [2.05, 4.69) is 10.6 Å². The summed E-state index contributed by atoms with van der Waals surface area (Å²) in [7, 11) is 0. The molecule has 0 bridgehead atoms. The second-order valence-corrected chi connectivity index (χ2v) is 5.57. The van der Waals surface area contributed by atoms with Crippen LogP contribution in [0.5, 0.6) is 0 Å². The van der Waals surface area contributed by atoms with E-state index in [0.717, 1.165) is 11.1 Å². The van der Waals surface area contributed by atoms with E-state index < -0.39 is 0 Å². The Morgan fingerprint density at radius 1 is 1.14 bits per heavy atom. The van der Waals surface area contributed by atoms with Crippen molar-refractivity contribution in [1.82, 2.24) is 10.6 Å². The average Bonchev–Trinajstić information content (AvgIpc) is 2.47. The summed E-state index contributed by atoms with van der Waals surface area (Å²) in [5, 5.41) is 7.57. The summed E-state index contributed by atoms with van der Waals surface area (Å²) in [6.45, 7) is 2.58. The number of rotatable bonds is 4. The van der Waals surface area contributed by atoms with E-state index in [1.54, 1.807) is 12.1 Å². The average molecular weight is 323 g/mol. The fourth-order valence-electron chi connectivity index (χ4n) is 1.87. The molecular formula is C16H16ClFN2S. The van der Waals surface area contributed by atoms with Gasteiger partial charge < -0.3 is 10.6 Å². The second kappa shape index (κ2) is 7.38. The summed E-state index contributed by atoms with van der Waals surface area (Å²) in [4.78, 5) is 0. The molecular weight excluding hydrogens is 307 g/mol. The fourth-order valence-corrected chi connectivity index (χ4v) is 2.24. The predicted octanol–water partition coefficient (Wildman–Crippen LogP) is 4.20. The van der Waals surface area contributed by atoms with Gasteiger partial charge in [0.1, 0.15) is 5.82 Å². The molecule has 0 heterocycles. The van der Waals surface area contributed by atoms with Crippen molar-refractivity contribution in [1.29, 1.82) is 0 Å². The summed E-state index contributed by atoms with van der Waals surface area (Å²) in [6, 6.07) is 14.0. The van der Waals surface area contributed by atoms with E-state index in [9.17, 15) is 4.39 Å². The van der Waals surface area contributed by atoms with Crippen molar-refractivity contribution >= 4 is 28.9 Å². The molecule has 2 rings (SSSR count). The Balaban J connectivity index is 1.83. The van der Waals surface area contributed by atoms with Gasteiger partial charge in [-0.3, -0.25) is 0 Å². The van der Waals surface area contributed by atoms with E-state index in [-0.39, 0.29) is 11.9 Å². The quantitative estimate of drug-likeness (QED) is 0.825. The van der Waals surface area contributed by atoms with Gasteiger partial charge in [0.05, 0.1) is 6.04 Å². The normalized spacial score (nSPS) is 11.8. The van der Waals surface area contributed by atoms with Crippen LogP contribution in [0.1, 0.15) is 24.1 Å². The molecule has 110 valence electrons. The van der Waals surface area contributed by atoms with Crippen molar-refractivity contribution in [2.75, 3.05) is 0 Å². The van der Waals surface area contributed by atoms with Gasteiger partial charge in [-0.2, -0.15) is 0 Å². The van der Waals surface area contributed by atoms with Crippen LogP contribution in [-0.4, -0.2) is 5.11 Å². The first-order chi connectivity index (χ1) is 10.0. The highest BCUT2D eigenvalue weighted by Gasteiger charge is 2.06. The molecule has 21 heavy (non-hydrogen) atoms. The standard InChI is InChI=1S/C16H16ClFN2S/c1-11(13-4-6-14(17)7-5-13)20-16(21)19-10-12-2-8-15(18)9-3-12/h2-9,11H,10H2,1H3,(H2,19,20,21)/t11-/m1/s1. The molecule has 1 atom stereocenters. The highest BCUT2D eigenvalue weighted by atomic mass is 35.5. The third-order valence-electron chi connectivity index (χ3n) is 3.08. The number of benzene rings is 2. The Morgan fingerprint density at radius 3 is 2.38 bits per heavy atom. The van der Waals surface area contributed by atoms with Gasteiger partial charge >= 0.3 is 0 Å². The van der Waals surface area contributed by atoms with Crippen molar-refractivity contribution in [3.8, 4) is 0 Å². The van der Waals surface area contributed by atoms with Gasteiger partial charge in [0.25, 0.3) is 0 Å². The van der Waals surface area contributed by atoms with Crippen LogP contribution in [0.4, 0.5) is 4.39 Å². The van der Waals surface area contributed by atoms with Crippen LogP contribution >= 0.6 is 23.8 Å². The van der Waals surface area contributed by atoms with Crippen LogP contribution in [0.15, 0.2) is 48.5 Å². The van der Waals surface area contributed by atoms with E-state index in [1.165, 1.54) is 12.1 Å². The highest BCUT2D eigenvalue weighted by molar-refractivity contribution is 7.80. The minimum Gasteiger partial charge on any atom is -0.359 e. The molecule has 0 aliphatic heterocycles. The molecule has 0 aliphatic rings. The molecule has 2 aromatic rings. The molecule has 0 aliphatic carbocycles. The molecule has 0 amide bonds. The van der Waals surface area contributed by atoms with Crippen molar-refractivity contribution in [2.45, 2.75) is 19.5 Å². The Morgan fingerprint density at radius 2 is 1.76 bits per heavy atom. The second-order valence-electron chi connectivity index (χ2n) is 4.73. The summed E-state index contributed by atoms with van der Waals surface area (Å²) in [5.74, 6) is -0.240. The SMILES string of the molecule is C[C@@H](NC(=S)NCc1ccc(F)cc1)c1ccc(Cl)cc1. The molecule has 2 nitrogen and oxygen atoms in total. The number of nitrogens with one attached hydrogen (secondary N) is 2. The first-order valence-corrected chi connectivity index (χ1v) is 7.37. The maximum atomic E-state index is 12.8. The van der Waals surface area contributed by atoms with Crippen LogP contribution in [0, 0.1) is 5.82 Å². The van der Waals surface area contributed by atoms with E-state index >= 15 is 0 Å². The monoisotopic (exact) mass is 322 g/mol. The van der Waals surface area contributed by atoms with Crippen molar-refractivity contribution in [2.24, 2.45) is 0 Å². The first-order valence-electron chi connectivity index (χ1n) is 6.59. The Kier molecular flexibility index (Phi) is 5.53. The van der Waals surface area contributed by atoms with E-state index in [4.69, 9.17) is 23.8 Å². The smallest absolute Gasteiger partial charge is 0.167 e. The Bertz CT molecular complexity index is 599. The maximum Gasteiger partial charge on any atom is 0.167 e. The van der Waals surface area contributed by atoms with Gasteiger partial charge in [-0.1, -0.05) is 35.9 Å². The molecule has 0 saturated heterocycles. The molecule has 0 aromatic heterocycles. The summed E-state index contributed by atoms with van der Waals surface area (Å²) >= 11 is 11.1. The number of hydrogen-bond acceptors (Lipinski definition) is 1. The zero-order valence-electron chi connectivity index (χ0n) is 11.6. The molecule has 0 unspecified atom stereocenters. The van der Waals surface area contributed by atoms with Crippen LogP contribution in [0.2, 0.25) is 5.02 Å². The minimum absolute atomic E-state index is 0.0792. The third kappa shape index (κ3) is 4.99. The van der Waals surface area contributed by atoms with Crippen molar-refractivity contribution < 1.29 is 4.39 Å². The predicted molar refractivity (Wildman–Crippen MR) is 88.8 cm³/mol. The van der Waals surface area contributed by atoms with E-state index in [1.807, 2.05) is 31.2 Å². The zero-order chi connectivity index (χ0) is 15.2. The van der Waals surface area contributed by atoms with Gasteiger partial charge in [-0.05, 0) is 54.5 Å². The highest BCUT2D eigenvalue weighted by Crippen LogP contribution is 2.15. The van der Waals surface area contributed by atoms with Crippen molar-refractivity contribution in [3.63, 3.8) is 0 Å². The van der Waals surface area contributed by atoms with Crippen LogP contribution in [0.25, 0.3) is 0 Å². The summed E-state index contributed by atoms with van der Waals surface area (Å²) < 4.78 is 12.8. The lowest BCUT2D eigenvalue weighted by molar-refractivity contribution is 0.626. The van der Waals surface area contributed by atoms with Crippen molar-refractivity contribution in [3.05, 3.63) is 70.5 Å². The third-order valence-corrected chi connectivity index (χ3v) is 3.60. The van der Waals surface area contributed by atoms with E-state index in [0.29, 0.717) is 16.7 Å².